The minimum Gasteiger partial charge on any atom is -0.497 e. The van der Waals surface area contributed by atoms with Gasteiger partial charge in [-0.05, 0) is 43.9 Å². The molecular formula is C30H38N2O8. The molecule has 2 amide bonds. The van der Waals surface area contributed by atoms with Gasteiger partial charge in [-0.1, -0.05) is 12.1 Å². The molecule has 2 aliphatic rings. The van der Waals surface area contributed by atoms with E-state index >= 15 is 0 Å². The summed E-state index contributed by atoms with van der Waals surface area (Å²) in [6.07, 6.45) is 1.73. The Hall–Kier alpha value is -3.95. The lowest BCUT2D eigenvalue weighted by atomic mass is 9.82. The first-order chi connectivity index (χ1) is 19.4. The van der Waals surface area contributed by atoms with E-state index in [-0.39, 0.29) is 30.1 Å². The number of amides is 2. The summed E-state index contributed by atoms with van der Waals surface area (Å²) >= 11 is 0. The van der Waals surface area contributed by atoms with Crippen molar-refractivity contribution in [3.63, 3.8) is 0 Å². The van der Waals surface area contributed by atoms with Crippen LogP contribution in [0.1, 0.15) is 44.2 Å². The Morgan fingerprint density at radius 1 is 0.875 bits per heavy atom. The molecule has 0 aromatic heterocycles. The first-order valence-corrected chi connectivity index (χ1v) is 13.6. The van der Waals surface area contributed by atoms with Gasteiger partial charge in [-0.25, -0.2) is 0 Å². The lowest BCUT2D eigenvalue weighted by molar-refractivity contribution is -0.152. The normalized spacial score (nSPS) is 19.7. The van der Waals surface area contributed by atoms with Crippen LogP contribution in [0.4, 0.5) is 5.69 Å². The molecule has 10 heteroatoms. The van der Waals surface area contributed by atoms with Crippen molar-refractivity contribution in [1.29, 1.82) is 0 Å². The first kappa shape index (κ1) is 29.0. The predicted octanol–water partition coefficient (Wildman–Crippen LogP) is 4.01. The van der Waals surface area contributed by atoms with Gasteiger partial charge in [0.25, 0.3) is 0 Å². The lowest BCUT2D eigenvalue weighted by Crippen LogP contribution is -2.51. The highest BCUT2D eigenvalue weighted by Gasteiger charge is 2.44. The number of rotatable bonds is 9. The number of piperidine rings is 2. The van der Waals surface area contributed by atoms with E-state index in [1.165, 1.54) is 21.3 Å². The van der Waals surface area contributed by atoms with Crippen LogP contribution in [-0.2, 0) is 19.1 Å². The fourth-order valence-electron chi connectivity index (χ4n) is 5.67. The smallest absolute Gasteiger partial charge is 0.309 e. The van der Waals surface area contributed by atoms with Crippen molar-refractivity contribution in [2.24, 2.45) is 11.8 Å². The van der Waals surface area contributed by atoms with Crippen LogP contribution in [0.3, 0.4) is 0 Å². The van der Waals surface area contributed by atoms with Crippen LogP contribution >= 0.6 is 0 Å². The van der Waals surface area contributed by atoms with E-state index in [0.717, 1.165) is 5.56 Å². The highest BCUT2D eigenvalue weighted by Crippen LogP contribution is 2.47. The number of carbonyl (C=O) groups excluding carboxylic acids is 3. The van der Waals surface area contributed by atoms with Crippen molar-refractivity contribution in [1.82, 2.24) is 4.90 Å². The zero-order chi connectivity index (χ0) is 28.8. The van der Waals surface area contributed by atoms with Crippen LogP contribution in [-0.4, -0.2) is 70.8 Å². The number of carbonyl (C=O) groups is 3. The second kappa shape index (κ2) is 12.9. The first-order valence-electron chi connectivity index (χ1n) is 13.6. The SMILES string of the molecule is CCOC(=O)C1CCN(C(=O)[C@@H]2CCC(=O)N(c3cc(OC)c(OC)c(OC)c3)[C@H]2c2ccc(OC)cc2)CC1. The third kappa shape index (κ3) is 5.80. The van der Waals surface area contributed by atoms with Gasteiger partial charge in [0, 0.05) is 31.6 Å². The van der Waals surface area contributed by atoms with Crippen LogP contribution in [0.2, 0.25) is 0 Å². The number of ether oxygens (including phenoxy) is 5. The molecule has 216 valence electrons. The Balaban J connectivity index is 1.72. The number of nitrogens with zero attached hydrogens (tertiary/aromatic N) is 2. The molecule has 10 nitrogen and oxygen atoms in total. The van der Waals surface area contributed by atoms with E-state index in [4.69, 9.17) is 23.7 Å². The summed E-state index contributed by atoms with van der Waals surface area (Å²) in [6.45, 7) is 3.06. The lowest BCUT2D eigenvalue weighted by Gasteiger charge is -2.43. The van der Waals surface area contributed by atoms with Crippen molar-refractivity contribution < 1.29 is 38.1 Å². The summed E-state index contributed by atoms with van der Waals surface area (Å²) in [5.74, 6) is 0.857. The summed E-state index contributed by atoms with van der Waals surface area (Å²) in [4.78, 5) is 43.4. The van der Waals surface area contributed by atoms with Gasteiger partial charge in [-0.15, -0.1) is 0 Å². The molecule has 0 spiro atoms. The molecule has 4 rings (SSSR count). The Labute approximate surface area is 235 Å². The van der Waals surface area contributed by atoms with Crippen molar-refractivity contribution in [2.45, 2.75) is 38.6 Å². The van der Waals surface area contributed by atoms with Gasteiger partial charge in [-0.2, -0.15) is 0 Å². The number of methoxy groups -OCH3 is 4. The summed E-state index contributed by atoms with van der Waals surface area (Å²) in [6, 6.07) is 10.3. The number of esters is 1. The van der Waals surface area contributed by atoms with Gasteiger partial charge < -0.3 is 33.5 Å². The van der Waals surface area contributed by atoms with Crippen LogP contribution < -0.4 is 23.8 Å². The van der Waals surface area contributed by atoms with Gasteiger partial charge in [0.1, 0.15) is 5.75 Å². The van der Waals surface area contributed by atoms with Crippen molar-refractivity contribution in [3.8, 4) is 23.0 Å². The topological polar surface area (TPSA) is 104 Å². The third-order valence-corrected chi connectivity index (χ3v) is 7.73. The molecule has 0 unspecified atom stereocenters. The number of hydrogen-bond donors (Lipinski definition) is 0. The van der Waals surface area contributed by atoms with Crippen molar-refractivity contribution in [3.05, 3.63) is 42.0 Å². The monoisotopic (exact) mass is 554 g/mol. The van der Waals surface area contributed by atoms with Crippen LogP contribution in [0.5, 0.6) is 23.0 Å². The fraction of sp³-hybridized carbons (Fsp3) is 0.500. The quantitative estimate of drug-likeness (QED) is 0.429. The minimum atomic E-state index is -0.578. The Bertz CT molecular complexity index is 1180. The predicted molar refractivity (Wildman–Crippen MR) is 148 cm³/mol. The molecule has 0 aliphatic carbocycles. The zero-order valence-electron chi connectivity index (χ0n) is 23.8. The molecule has 2 aromatic carbocycles. The maximum absolute atomic E-state index is 14.1. The summed E-state index contributed by atoms with van der Waals surface area (Å²) < 4.78 is 27.1. The van der Waals surface area contributed by atoms with Crippen LogP contribution in [0, 0.1) is 11.8 Å². The average Bonchev–Trinajstić information content (AvgIpc) is 3.00. The van der Waals surface area contributed by atoms with Gasteiger partial charge in [-0.3, -0.25) is 14.4 Å². The Morgan fingerprint density at radius 2 is 1.50 bits per heavy atom. The largest absolute Gasteiger partial charge is 0.497 e. The number of benzene rings is 2. The van der Waals surface area contributed by atoms with Crippen LogP contribution in [0.15, 0.2) is 36.4 Å². The fourth-order valence-corrected chi connectivity index (χ4v) is 5.67. The number of likely N-dealkylation sites (tertiary alicyclic amines) is 1. The molecule has 40 heavy (non-hydrogen) atoms. The second-order valence-electron chi connectivity index (χ2n) is 9.86. The maximum atomic E-state index is 14.1. The Kier molecular flexibility index (Phi) is 9.39. The highest BCUT2D eigenvalue weighted by atomic mass is 16.5. The second-order valence-corrected chi connectivity index (χ2v) is 9.86. The maximum Gasteiger partial charge on any atom is 0.309 e. The third-order valence-electron chi connectivity index (χ3n) is 7.73. The molecule has 2 atom stereocenters. The van der Waals surface area contributed by atoms with Crippen molar-refractivity contribution >= 4 is 23.5 Å². The van der Waals surface area contributed by atoms with E-state index in [0.29, 0.717) is 67.6 Å². The van der Waals surface area contributed by atoms with Crippen LogP contribution in [0.25, 0.3) is 0 Å². The molecule has 0 bridgehead atoms. The molecule has 2 saturated heterocycles. The molecule has 0 N–H and O–H groups in total. The number of hydrogen-bond acceptors (Lipinski definition) is 8. The van der Waals surface area contributed by atoms with E-state index in [2.05, 4.69) is 0 Å². The summed E-state index contributed by atoms with van der Waals surface area (Å²) in [5, 5.41) is 0. The van der Waals surface area contributed by atoms with E-state index in [1.54, 1.807) is 31.1 Å². The van der Waals surface area contributed by atoms with E-state index in [1.807, 2.05) is 29.2 Å². The summed E-state index contributed by atoms with van der Waals surface area (Å²) in [7, 11) is 6.15. The highest BCUT2D eigenvalue weighted by molar-refractivity contribution is 5.98. The molecule has 2 heterocycles. The molecule has 0 saturated carbocycles. The van der Waals surface area contributed by atoms with E-state index in [9.17, 15) is 14.4 Å². The minimum absolute atomic E-state index is 0.0342. The van der Waals surface area contributed by atoms with Gasteiger partial charge in [0.2, 0.25) is 17.6 Å². The molecule has 2 fully saturated rings. The standard InChI is InChI=1S/C30H38N2O8/c1-6-40-30(35)20-13-15-31(16-14-20)29(34)23-11-12-26(33)32(27(23)19-7-9-22(36-2)10-8-19)21-17-24(37-3)28(39-5)25(18-21)38-4/h7-10,17-18,20,23,27H,6,11-16H2,1-5H3/t23-,27+/m1/s1. The molecule has 2 aromatic rings. The molecule has 0 radical (unpaired) electrons. The Morgan fingerprint density at radius 3 is 2.02 bits per heavy atom. The zero-order valence-corrected chi connectivity index (χ0v) is 23.8. The van der Waals surface area contributed by atoms with E-state index < -0.39 is 12.0 Å². The average molecular weight is 555 g/mol. The van der Waals surface area contributed by atoms with Gasteiger partial charge in [0.15, 0.2) is 11.5 Å². The van der Waals surface area contributed by atoms with Crippen molar-refractivity contribution in [2.75, 3.05) is 53.0 Å². The molecule has 2 aliphatic heterocycles. The number of anilines is 1. The van der Waals surface area contributed by atoms with Gasteiger partial charge in [0.05, 0.1) is 58.6 Å². The van der Waals surface area contributed by atoms with Gasteiger partial charge >= 0.3 is 5.97 Å². The summed E-state index contributed by atoms with van der Waals surface area (Å²) in [5.41, 5.74) is 1.35. The molecular weight excluding hydrogens is 516 g/mol.